The molecule has 1 N–H and O–H groups in total. The van der Waals surface area contributed by atoms with E-state index in [1.165, 1.54) is 28.9 Å². The van der Waals surface area contributed by atoms with Crippen molar-refractivity contribution in [1.29, 1.82) is 0 Å². The fourth-order valence-corrected chi connectivity index (χ4v) is 2.59. The van der Waals surface area contributed by atoms with E-state index in [1.54, 1.807) is 23.3 Å². The monoisotopic (exact) mass is 392 g/mol. The molecule has 0 radical (unpaired) electrons. The maximum Gasteiger partial charge on any atom is 0.278 e. The second kappa shape index (κ2) is 8.34. The molecule has 0 aliphatic heterocycles. The Kier molecular flexibility index (Phi) is 5.28. The van der Waals surface area contributed by atoms with Crippen LogP contribution in [0.25, 0.3) is 0 Å². The standard InChI is InChI=1S/C20H17FN6O2/c21-16-6-8-17(9-7-16)29-14-26-11-10-18(24-26)19(28)23-20-22-13-27(25-20)12-15-4-2-1-3-5-15/h1-11,13H,12,14H2,(H,23,25,28). The third-order valence-corrected chi connectivity index (χ3v) is 4.00. The Hall–Kier alpha value is -4.01. The van der Waals surface area contributed by atoms with Crippen LogP contribution in [-0.4, -0.2) is 30.5 Å². The van der Waals surface area contributed by atoms with Crippen molar-refractivity contribution in [3.63, 3.8) is 0 Å². The minimum atomic E-state index is -0.428. The Morgan fingerprint density at radius 1 is 1.00 bits per heavy atom. The van der Waals surface area contributed by atoms with Crippen LogP contribution in [0.3, 0.4) is 0 Å². The second-order valence-corrected chi connectivity index (χ2v) is 6.17. The van der Waals surface area contributed by atoms with E-state index in [2.05, 4.69) is 20.5 Å². The van der Waals surface area contributed by atoms with Gasteiger partial charge in [-0.3, -0.25) is 10.1 Å². The lowest BCUT2D eigenvalue weighted by Gasteiger charge is -2.05. The Morgan fingerprint density at radius 3 is 2.59 bits per heavy atom. The van der Waals surface area contributed by atoms with Gasteiger partial charge in [-0.1, -0.05) is 30.3 Å². The minimum absolute atomic E-state index is 0.0862. The molecule has 0 saturated carbocycles. The summed E-state index contributed by atoms with van der Waals surface area (Å²) in [6.45, 7) is 0.641. The molecule has 4 aromatic rings. The minimum Gasteiger partial charge on any atom is -0.471 e. The first kappa shape index (κ1) is 18.4. The lowest BCUT2D eigenvalue weighted by Crippen LogP contribution is -2.15. The van der Waals surface area contributed by atoms with Gasteiger partial charge >= 0.3 is 0 Å². The maximum absolute atomic E-state index is 12.9. The van der Waals surface area contributed by atoms with Crippen LogP contribution in [-0.2, 0) is 13.3 Å². The van der Waals surface area contributed by atoms with Gasteiger partial charge in [-0.15, -0.1) is 5.10 Å². The molecule has 8 nitrogen and oxygen atoms in total. The third kappa shape index (κ3) is 4.83. The second-order valence-electron chi connectivity index (χ2n) is 6.17. The summed E-state index contributed by atoms with van der Waals surface area (Å²) in [6, 6.07) is 17.0. The first-order valence-electron chi connectivity index (χ1n) is 8.82. The van der Waals surface area contributed by atoms with E-state index in [-0.39, 0.29) is 24.2 Å². The van der Waals surface area contributed by atoms with Crippen LogP contribution < -0.4 is 10.1 Å². The molecular formula is C20H17FN6O2. The normalized spacial score (nSPS) is 10.7. The van der Waals surface area contributed by atoms with Crippen LogP contribution in [0.4, 0.5) is 10.3 Å². The molecule has 1 amide bonds. The molecule has 9 heteroatoms. The Morgan fingerprint density at radius 2 is 1.79 bits per heavy atom. The average molecular weight is 392 g/mol. The molecule has 0 bridgehead atoms. The quantitative estimate of drug-likeness (QED) is 0.523. The molecule has 146 valence electrons. The van der Waals surface area contributed by atoms with Gasteiger partial charge in [-0.05, 0) is 35.9 Å². The van der Waals surface area contributed by atoms with Gasteiger partial charge in [0.05, 0.1) is 6.54 Å². The van der Waals surface area contributed by atoms with Crippen LogP contribution in [0.1, 0.15) is 16.1 Å². The van der Waals surface area contributed by atoms with Crippen LogP contribution in [0.15, 0.2) is 73.2 Å². The summed E-state index contributed by atoms with van der Waals surface area (Å²) in [7, 11) is 0. The Balaban J connectivity index is 1.32. The van der Waals surface area contributed by atoms with E-state index in [4.69, 9.17) is 4.74 Å². The number of aromatic nitrogens is 5. The van der Waals surface area contributed by atoms with Crippen molar-refractivity contribution >= 4 is 11.9 Å². The summed E-state index contributed by atoms with van der Waals surface area (Å²) in [6.07, 6.45) is 3.16. The first-order chi connectivity index (χ1) is 14.2. The Labute approximate surface area is 165 Å². The topological polar surface area (TPSA) is 86.9 Å². The van der Waals surface area contributed by atoms with E-state index in [0.717, 1.165) is 5.56 Å². The number of ether oxygens (including phenoxy) is 1. The predicted molar refractivity (Wildman–Crippen MR) is 103 cm³/mol. The molecule has 0 unspecified atom stereocenters. The number of hydrogen-bond donors (Lipinski definition) is 1. The lowest BCUT2D eigenvalue weighted by molar-refractivity contribution is 0.101. The number of anilines is 1. The van der Waals surface area contributed by atoms with E-state index in [0.29, 0.717) is 12.3 Å². The molecule has 0 atom stereocenters. The zero-order valence-corrected chi connectivity index (χ0v) is 15.3. The number of nitrogens with one attached hydrogen (secondary N) is 1. The highest BCUT2D eigenvalue weighted by molar-refractivity contribution is 6.01. The maximum atomic E-state index is 12.9. The summed E-state index contributed by atoms with van der Waals surface area (Å²) in [5.74, 6) is -0.0673. The zero-order valence-electron chi connectivity index (χ0n) is 15.3. The van der Waals surface area contributed by atoms with Crippen molar-refractivity contribution < 1.29 is 13.9 Å². The van der Waals surface area contributed by atoms with Crippen molar-refractivity contribution in [2.24, 2.45) is 0 Å². The third-order valence-electron chi connectivity index (χ3n) is 4.00. The molecule has 2 heterocycles. The molecular weight excluding hydrogens is 375 g/mol. The van der Waals surface area contributed by atoms with Gasteiger partial charge in [-0.25, -0.2) is 18.7 Å². The molecule has 0 saturated heterocycles. The van der Waals surface area contributed by atoms with Crippen molar-refractivity contribution in [2.75, 3.05) is 5.32 Å². The SMILES string of the molecule is O=C(Nc1ncn(Cc2ccccc2)n1)c1ccn(COc2ccc(F)cc2)n1. The van der Waals surface area contributed by atoms with Gasteiger partial charge in [0.1, 0.15) is 17.9 Å². The number of benzene rings is 2. The largest absolute Gasteiger partial charge is 0.471 e. The summed E-state index contributed by atoms with van der Waals surface area (Å²) in [5, 5.41) is 11.0. The average Bonchev–Trinajstić information content (AvgIpc) is 3.38. The van der Waals surface area contributed by atoms with Crippen molar-refractivity contribution in [3.8, 4) is 5.75 Å². The van der Waals surface area contributed by atoms with Gasteiger partial charge in [0.15, 0.2) is 12.4 Å². The highest BCUT2D eigenvalue weighted by atomic mass is 19.1. The first-order valence-corrected chi connectivity index (χ1v) is 8.82. The number of rotatable bonds is 7. The fraction of sp³-hybridized carbons (Fsp3) is 0.100. The fourth-order valence-electron chi connectivity index (χ4n) is 2.59. The molecule has 2 aromatic heterocycles. The van der Waals surface area contributed by atoms with Crippen molar-refractivity contribution in [2.45, 2.75) is 13.3 Å². The van der Waals surface area contributed by atoms with E-state index in [9.17, 15) is 9.18 Å². The number of carbonyl (C=O) groups excluding carboxylic acids is 1. The predicted octanol–water partition coefficient (Wildman–Crippen LogP) is 2.95. The molecule has 0 aliphatic rings. The molecule has 0 fully saturated rings. The number of hydrogen-bond acceptors (Lipinski definition) is 5. The zero-order chi connectivity index (χ0) is 20.1. The molecule has 2 aromatic carbocycles. The van der Waals surface area contributed by atoms with E-state index < -0.39 is 5.91 Å². The highest BCUT2D eigenvalue weighted by Crippen LogP contribution is 2.12. The summed E-state index contributed by atoms with van der Waals surface area (Å²) in [4.78, 5) is 16.4. The number of amides is 1. The molecule has 0 aliphatic carbocycles. The molecule has 0 spiro atoms. The van der Waals surface area contributed by atoms with Gasteiger partial charge in [0.25, 0.3) is 5.91 Å². The van der Waals surface area contributed by atoms with Gasteiger partial charge in [0, 0.05) is 6.20 Å². The lowest BCUT2D eigenvalue weighted by atomic mass is 10.2. The van der Waals surface area contributed by atoms with Crippen molar-refractivity contribution in [1.82, 2.24) is 24.5 Å². The van der Waals surface area contributed by atoms with Crippen LogP contribution >= 0.6 is 0 Å². The van der Waals surface area contributed by atoms with Gasteiger partial charge in [-0.2, -0.15) is 5.10 Å². The highest BCUT2D eigenvalue weighted by Gasteiger charge is 2.12. The summed E-state index contributed by atoms with van der Waals surface area (Å²) in [5.41, 5.74) is 1.28. The molecule has 4 rings (SSSR count). The van der Waals surface area contributed by atoms with Crippen LogP contribution in [0.2, 0.25) is 0 Å². The smallest absolute Gasteiger partial charge is 0.278 e. The molecule has 29 heavy (non-hydrogen) atoms. The summed E-state index contributed by atoms with van der Waals surface area (Å²) >= 11 is 0. The van der Waals surface area contributed by atoms with Crippen LogP contribution in [0.5, 0.6) is 5.75 Å². The van der Waals surface area contributed by atoms with Crippen LogP contribution in [0, 0.1) is 5.82 Å². The van der Waals surface area contributed by atoms with Gasteiger partial charge in [0.2, 0.25) is 5.95 Å². The Bertz CT molecular complexity index is 1090. The van der Waals surface area contributed by atoms with E-state index >= 15 is 0 Å². The van der Waals surface area contributed by atoms with E-state index in [1.807, 2.05) is 30.3 Å². The summed E-state index contributed by atoms with van der Waals surface area (Å²) < 4.78 is 21.5. The van der Waals surface area contributed by atoms with Crippen molar-refractivity contribution in [3.05, 3.63) is 90.3 Å². The van der Waals surface area contributed by atoms with Gasteiger partial charge < -0.3 is 4.74 Å². The number of carbonyl (C=O) groups is 1. The number of halogens is 1. The number of nitrogens with zero attached hydrogens (tertiary/aromatic N) is 5.